The number of benzene rings is 1. The molecule has 0 aromatic heterocycles. The molecule has 0 aliphatic rings. The zero-order valence-corrected chi connectivity index (χ0v) is 9.37. The predicted octanol–water partition coefficient (Wildman–Crippen LogP) is 1.91. The Hall–Kier alpha value is -1.55. The predicted molar refractivity (Wildman–Crippen MR) is 61.9 cm³/mol. The largest absolute Gasteiger partial charge is 0.397 e. The van der Waals surface area contributed by atoms with E-state index in [-0.39, 0.29) is 5.82 Å². The molecule has 0 aliphatic heterocycles. The van der Waals surface area contributed by atoms with Gasteiger partial charge in [-0.3, -0.25) is 0 Å². The Kier molecular flexibility index (Phi) is 6.13. The summed E-state index contributed by atoms with van der Waals surface area (Å²) >= 11 is 0. The molecule has 0 spiro atoms. The second-order valence-electron chi connectivity index (χ2n) is 2.76. The van der Waals surface area contributed by atoms with Crippen molar-refractivity contribution < 1.29 is 4.39 Å². The summed E-state index contributed by atoms with van der Waals surface area (Å²) in [6.45, 7) is 4.00. The minimum atomic E-state index is -0.280. The lowest BCUT2D eigenvalue weighted by molar-refractivity contribution is 0.486. The second kappa shape index (κ2) is 6.84. The molecule has 0 saturated heterocycles. The molecule has 0 saturated carbocycles. The van der Waals surface area contributed by atoms with Gasteiger partial charge in [0.15, 0.2) is 0 Å². The van der Waals surface area contributed by atoms with Gasteiger partial charge >= 0.3 is 0 Å². The molecule has 0 bridgehead atoms. The highest BCUT2D eigenvalue weighted by molar-refractivity contribution is 5.61. The molecule has 0 amide bonds. The summed E-state index contributed by atoms with van der Waals surface area (Å²) in [6.07, 6.45) is 1.56. The Labute approximate surface area is 90.1 Å². The van der Waals surface area contributed by atoms with Crippen molar-refractivity contribution in [3.63, 3.8) is 0 Å². The van der Waals surface area contributed by atoms with Crippen LogP contribution in [0, 0.1) is 5.82 Å². The minimum Gasteiger partial charge on any atom is -0.397 e. The monoisotopic (exact) mass is 211 g/mol. The number of hydrogen-bond donors (Lipinski definition) is 2. The van der Waals surface area contributed by atoms with E-state index in [1.807, 2.05) is 13.8 Å². The normalized spacial score (nSPS) is 10.3. The lowest BCUT2D eigenvalue weighted by atomic mass is 10.2. The topological polar surface area (TPSA) is 55.3 Å². The van der Waals surface area contributed by atoms with Gasteiger partial charge in [0.25, 0.3) is 0 Å². The third-order valence-corrected chi connectivity index (χ3v) is 1.52. The Morgan fingerprint density at radius 2 is 1.73 bits per heavy atom. The number of hydrogen-bond acceptors (Lipinski definition) is 3. The number of nitrogens with two attached hydrogens (primary N) is 2. The van der Waals surface area contributed by atoms with Crippen LogP contribution in [0.4, 0.5) is 4.39 Å². The fourth-order valence-corrected chi connectivity index (χ4v) is 0.936. The van der Waals surface area contributed by atoms with Gasteiger partial charge in [0.05, 0.1) is 5.70 Å². The van der Waals surface area contributed by atoms with Gasteiger partial charge in [0.1, 0.15) is 5.82 Å². The summed E-state index contributed by atoms with van der Waals surface area (Å²) in [6, 6.07) is 5.91. The number of rotatable bonds is 2. The molecule has 0 unspecified atom stereocenters. The van der Waals surface area contributed by atoms with Crippen molar-refractivity contribution in [2.24, 2.45) is 11.6 Å². The standard InChI is InChI=1S/C9H12FN3.C2H6/c1-13(12)6-9(11)7-2-4-8(10)5-3-7;1-2/h2-6H,11-12H2,1H3;1-2H3/b9-6-;. The van der Waals surface area contributed by atoms with Crippen molar-refractivity contribution in [1.82, 2.24) is 5.01 Å². The van der Waals surface area contributed by atoms with Gasteiger partial charge in [-0.2, -0.15) is 0 Å². The molecule has 1 aromatic carbocycles. The molecular weight excluding hydrogens is 193 g/mol. The van der Waals surface area contributed by atoms with Gasteiger partial charge in [-0.25, -0.2) is 10.2 Å². The van der Waals surface area contributed by atoms with Gasteiger partial charge in [0.2, 0.25) is 0 Å². The first-order valence-corrected chi connectivity index (χ1v) is 4.80. The number of halogens is 1. The van der Waals surface area contributed by atoms with Crippen molar-refractivity contribution in [1.29, 1.82) is 0 Å². The maximum absolute atomic E-state index is 12.5. The number of nitrogens with zero attached hydrogens (tertiary/aromatic N) is 1. The molecule has 1 rings (SSSR count). The van der Waals surface area contributed by atoms with Crippen LogP contribution in [0.2, 0.25) is 0 Å². The smallest absolute Gasteiger partial charge is 0.123 e. The minimum absolute atomic E-state index is 0.280. The summed E-state index contributed by atoms with van der Waals surface area (Å²) in [5, 5.41) is 1.35. The summed E-state index contributed by atoms with van der Waals surface area (Å²) < 4.78 is 12.5. The Morgan fingerprint density at radius 1 is 1.27 bits per heavy atom. The first-order chi connectivity index (χ1) is 7.09. The van der Waals surface area contributed by atoms with E-state index in [1.165, 1.54) is 17.1 Å². The van der Waals surface area contributed by atoms with Gasteiger partial charge in [0, 0.05) is 13.2 Å². The third kappa shape index (κ3) is 5.02. The van der Waals surface area contributed by atoms with Crippen LogP contribution < -0.4 is 11.6 Å². The molecule has 4 N–H and O–H groups in total. The van der Waals surface area contributed by atoms with Crippen LogP contribution in [-0.2, 0) is 0 Å². The van der Waals surface area contributed by atoms with Crippen LogP contribution in [0.5, 0.6) is 0 Å². The van der Waals surface area contributed by atoms with E-state index >= 15 is 0 Å². The van der Waals surface area contributed by atoms with Gasteiger partial charge < -0.3 is 10.7 Å². The van der Waals surface area contributed by atoms with Crippen molar-refractivity contribution >= 4 is 5.70 Å². The average Bonchev–Trinajstić information content (AvgIpc) is 2.20. The van der Waals surface area contributed by atoms with Crippen LogP contribution in [0.3, 0.4) is 0 Å². The van der Waals surface area contributed by atoms with E-state index in [4.69, 9.17) is 11.6 Å². The van der Waals surface area contributed by atoms with Crippen LogP contribution in [0.1, 0.15) is 19.4 Å². The highest BCUT2D eigenvalue weighted by atomic mass is 19.1. The molecule has 1 aromatic rings. The number of hydrazine groups is 1. The molecule has 0 fully saturated rings. The maximum atomic E-state index is 12.5. The van der Waals surface area contributed by atoms with E-state index in [1.54, 1.807) is 25.4 Å². The molecule has 0 radical (unpaired) electrons. The first kappa shape index (κ1) is 13.4. The van der Waals surface area contributed by atoms with Crippen molar-refractivity contribution in [3.05, 3.63) is 41.8 Å². The molecule has 3 nitrogen and oxygen atoms in total. The van der Waals surface area contributed by atoms with Gasteiger partial charge in [-0.1, -0.05) is 13.8 Å². The van der Waals surface area contributed by atoms with Gasteiger partial charge in [-0.15, -0.1) is 0 Å². The zero-order chi connectivity index (χ0) is 11.8. The Bertz CT molecular complexity index is 304. The average molecular weight is 211 g/mol. The molecule has 0 aliphatic carbocycles. The highest BCUT2D eigenvalue weighted by Crippen LogP contribution is 2.09. The first-order valence-electron chi connectivity index (χ1n) is 4.80. The Balaban J connectivity index is 0.000000921. The summed E-state index contributed by atoms with van der Waals surface area (Å²) in [4.78, 5) is 0. The third-order valence-electron chi connectivity index (χ3n) is 1.52. The molecule has 4 heteroatoms. The molecule has 0 atom stereocenters. The molecule has 15 heavy (non-hydrogen) atoms. The van der Waals surface area contributed by atoms with E-state index in [2.05, 4.69) is 0 Å². The highest BCUT2D eigenvalue weighted by Gasteiger charge is 1.96. The zero-order valence-electron chi connectivity index (χ0n) is 9.37. The SMILES string of the molecule is CC.CN(N)/C=C(\N)c1ccc(F)cc1. The quantitative estimate of drug-likeness (QED) is 0.580. The van der Waals surface area contributed by atoms with Crippen LogP contribution in [-0.4, -0.2) is 12.1 Å². The van der Waals surface area contributed by atoms with E-state index in [0.717, 1.165) is 5.56 Å². The van der Waals surface area contributed by atoms with Crippen LogP contribution in [0.15, 0.2) is 30.5 Å². The van der Waals surface area contributed by atoms with E-state index in [0.29, 0.717) is 5.70 Å². The fraction of sp³-hybridized carbons (Fsp3) is 0.273. The summed E-state index contributed by atoms with van der Waals surface area (Å²) in [5.74, 6) is 5.08. The summed E-state index contributed by atoms with van der Waals surface area (Å²) in [7, 11) is 1.66. The summed E-state index contributed by atoms with van der Waals surface area (Å²) in [5.41, 5.74) is 6.92. The van der Waals surface area contributed by atoms with Crippen LogP contribution >= 0.6 is 0 Å². The lowest BCUT2D eigenvalue weighted by Crippen LogP contribution is -2.20. The Morgan fingerprint density at radius 3 is 2.13 bits per heavy atom. The molecule has 0 heterocycles. The van der Waals surface area contributed by atoms with Crippen molar-refractivity contribution in [3.8, 4) is 0 Å². The van der Waals surface area contributed by atoms with Crippen molar-refractivity contribution in [2.75, 3.05) is 7.05 Å². The van der Waals surface area contributed by atoms with Crippen molar-refractivity contribution in [2.45, 2.75) is 13.8 Å². The fourth-order valence-electron chi connectivity index (χ4n) is 0.936. The van der Waals surface area contributed by atoms with Gasteiger partial charge in [-0.05, 0) is 29.8 Å². The lowest BCUT2D eigenvalue weighted by Gasteiger charge is -2.07. The van der Waals surface area contributed by atoms with E-state index < -0.39 is 0 Å². The van der Waals surface area contributed by atoms with Crippen LogP contribution in [0.25, 0.3) is 5.70 Å². The maximum Gasteiger partial charge on any atom is 0.123 e. The van der Waals surface area contributed by atoms with E-state index in [9.17, 15) is 4.39 Å². The molecule has 84 valence electrons. The molecular formula is C11H18FN3. The second-order valence-corrected chi connectivity index (χ2v) is 2.76.